The number of ether oxygens (including phenoxy) is 2. The van der Waals surface area contributed by atoms with Gasteiger partial charge >= 0.3 is 11.9 Å². The van der Waals surface area contributed by atoms with Crippen LogP contribution in [-0.4, -0.2) is 30.1 Å². The first-order valence-electron chi connectivity index (χ1n) is 6.68. The van der Waals surface area contributed by atoms with Crippen molar-refractivity contribution in [1.82, 2.24) is 4.98 Å². The summed E-state index contributed by atoms with van der Waals surface area (Å²) in [6.07, 6.45) is 1.61. The highest BCUT2D eigenvalue weighted by Crippen LogP contribution is 2.29. The molecule has 6 heteroatoms. The summed E-state index contributed by atoms with van der Waals surface area (Å²) in [4.78, 5) is 27.2. The van der Waals surface area contributed by atoms with Gasteiger partial charge in [0.05, 0.1) is 13.2 Å². The molecule has 0 saturated heterocycles. The Balaban J connectivity index is 2.47. The Bertz CT molecular complexity index is 647. The van der Waals surface area contributed by atoms with Crippen molar-refractivity contribution in [3.05, 3.63) is 35.0 Å². The summed E-state index contributed by atoms with van der Waals surface area (Å²) in [5.74, 6) is -2.33. The molecular formula is C15H16ClNO4. The highest BCUT2D eigenvalue weighted by atomic mass is 35.5. The Morgan fingerprint density at radius 2 is 1.81 bits per heavy atom. The Morgan fingerprint density at radius 1 is 1.19 bits per heavy atom. The fourth-order valence-corrected chi connectivity index (χ4v) is 2.33. The zero-order valence-electron chi connectivity index (χ0n) is 11.8. The molecule has 0 unspecified atom stereocenters. The third kappa shape index (κ3) is 3.19. The Kier molecular flexibility index (Phi) is 4.85. The van der Waals surface area contributed by atoms with Gasteiger partial charge in [-0.1, -0.05) is 17.7 Å². The van der Waals surface area contributed by atoms with E-state index in [-0.39, 0.29) is 13.2 Å². The van der Waals surface area contributed by atoms with Gasteiger partial charge in [0.15, 0.2) is 5.92 Å². The molecule has 0 aliphatic heterocycles. The van der Waals surface area contributed by atoms with Crippen molar-refractivity contribution in [3.8, 4) is 0 Å². The molecule has 2 rings (SSSR count). The minimum Gasteiger partial charge on any atom is -0.465 e. The van der Waals surface area contributed by atoms with Crippen LogP contribution < -0.4 is 0 Å². The van der Waals surface area contributed by atoms with Gasteiger partial charge in [-0.3, -0.25) is 9.59 Å². The minimum atomic E-state index is -1.10. The van der Waals surface area contributed by atoms with Gasteiger partial charge in [-0.25, -0.2) is 0 Å². The lowest BCUT2D eigenvalue weighted by Crippen LogP contribution is -2.26. The van der Waals surface area contributed by atoms with E-state index in [9.17, 15) is 9.59 Å². The number of nitrogens with one attached hydrogen (secondary N) is 1. The van der Waals surface area contributed by atoms with Crippen LogP contribution in [0.1, 0.15) is 25.3 Å². The first-order chi connectivity index (χ1) is 10.1. The van der Waals surface area contributed by atoms with Crippen LogP contribution in [-0.2, 0) is 19.1 Å². The van der Waals surface area contributed by atoms with Crippen LogP contribution in [0.4, 0.5) is 0 Å². The van der Waals surface area contributed by atoms with E-state index in [0.717, 1.165) is 10.9 Å². The molecular weight excluding hydrogens is 294 g/mol. The topological polar surface area (TPSA) is 68.4 Å². The summed E-state index contributed by atoms with van der Waals surface area (Å²) in [6, 6.07) is 5.19. The van der Waals surface area contributed by atoms with Crippen molar-refractivity contribution < 1.29 is 19.1 Å². The average molecular weight is 310 g/mol. The van der Waals surface area contributed by atoms with E-state index in [1.165, 1.54) is 0 Å². The van der Waals surface area contributed by atoms with Crippen LogP contribution in [0, 0.1) is 0 Å². The van der Waals surface area contributed by atoms with E-state index in [2.05, 4.69) is 4.98 Å². The number of esters is 2. The Hall–Kier alpha value is -2.01. The predicted octanol–water partition coefficient (Wildman–Crippen LogP) is 3.03. The van der Waals surface area contributed by atoms with Crippen LogP contribution in [0.5, 0.6) is 0 Å². The number of carbonyl (C=O) groups is 2. The van der Waals surface area contributed by atoms with Crippen molar-refractivity contribution >= 4 is 34.4 Å². The molecule has 1 aromatic carbocycles. The van der Waals surface area contributed by atoms with Crippen LogP contribution in [0.15, 0.2) is 24.4 Å². The van der Waals surface area contributed by atoms with Crippen LogP contribution in [0.25, 0.3) is 10.9 Å². The first-order valence-corrected chi connectivity index (χ1v) is 7.06. The average Bonchev–Trinajstić information content (AvgIpc) is 2.82. The number of H-pyrrole nitrogens is 1. The molecule has 0 atom stereocenters. The van der Waals surface area contributed by atoms with E-state index in [4.69, 9.17) is 21.1 Å². The number of hydrogen-bond acceptors (Lipinski definition) is 4. The fraction of sp³-hybridized carbons (Fsp3) is 0.333. The first kappa shape index (κ1) is 15.4. The lowest BCUT2D eigenvalue weighted by Gasteiger charge is -2.13. The normalized spacial score (nSPS) is 10.9. The van der Waals surface area contributed by atoms with Gasteiger partial charge in [-0.2, -0.15) is 0 Å². The maximum Gasteiger partial charge on any atom is 0.324 e. The fourth-order valence-electron chi connectivity index (χ4n) is 2.16. The van der Waals surface area contributed by atoms with E-state index in [1.807, 2.05) is 0 Å². The van der Waals surface area contributed by atoms with E-state index in [0.29, 0.717) is 10.6 Å². The zero-order valence-corrected chi connectivity index (χ0v) is 12.6. The van der Waals surface area contributed by atoms with Crippen LogP contribution >= 0.6 is 11.6 Å². The van der Waals surface area contributed by atoms with Crippen molar-refractivity contribution in [3.63, 3.8) is 0 Å². The van der Waals surface area contributed by atoms with Gasteiger partial charge in [0.1, 0.15) is 0 Å². The summed E-state index contributed by atoms with van der Waals surface area (Å²) in [6.45, 7) is 3.77. The summed E-state index contributed by atoms with van der Waals surface area (Å²) < 4.78 is 9.98. The van der Waals surface area contributed by atoms with Gasteiger partial charge in [0, 0.05) is 27.7 Å². The quantitative estimate of drug-likeness (QED) is 0.681. The molecule has 5 nitrogen and oxygen atoms in total. The second kappa shape index (κ2) is 6.63. The summed E-state index contributed by atoms with van der Waals surface area (Å²) in [5.41, 5.74) is 1.27. The van der Waals surface area contributed by atoms with E-state index in [1.54, 1.807) is 38.2 Å². The van der Waals surface area contributed by atoms with Crippen molar-refractivity contribution in [2.45, 2.75) is 19.8 Å². The number of benzene rings is 1. The minimum absolute atomic E-state index is 0.197. The highest BCUT2D eigenvalue weighted by molar-refractivity contribution is 6.31. The van der Waals surface area contributed by atoms with Gasteiger partial charge in [0.2, 0.25) is 0 Å². The molecule has 0 aliphatic rings. The molecule has 2 aromatic rings. The molecule has 0 saturated carbocycles. The highest BCUT2D eigenvalue weighted by Gasteiger charge is 2.33. The van der Waals surface area contributed by atoms with Crippen LogP contribution in [0.3, 0.4) is 0 Å². The maximum absolute atomic E-state index is 12.1. The summed E-state index contributed by atoms with van der Waals surface area (Å²) in [7, 11) is 0. The smallest absolute Gasteiger partial charge is 0.324 e. The second-order valence-corrected chi connectivity index (χ2v) is 4.81. The van der Waals surface area contributed by atoms with Gasteiger partial charge in [0.25, 0.3) is 0 Å². The number of fused-ring (bicyclic) bond motifs is 1. The third-order valence-electron chi connectivity index (χ3n) is 3.03. The molecule has 1 N–H and O–H groups in total. The second-order valence-electron chi connectivity index (χ2n) is 4.37. The molecule has 0 bridgehead atoms. The molecule has 112 valence electrons. The molecule has 0 spiro atoms. The Morgan fingerprint density at radius 3 is 2.38 bits per heavy atom. The summed E-state index contributed by atoms with van der Waals surface area (Å²) >= 11 is 5.93. The standard InChI is InChI=1S/C15H16ClNO4/c1-3-20-14(18)13(15(19)21-4-2)11-8-17-12-7-9(16)5-6-10(11)12/h5-8,13,17H,3-4H2,1-2H3. The van der Waals surface area contributed by atoms with Gasteiger partial charge < -0.3 is 14.5 Å². The zero-order chi connectivity index (χ0) is 15.4. The Labute approximate surface area is 127 Å². The molecule has 0 amide bonds. The maximum atomic E-state index is 12.1. The number of rotatable bonds is 5. The largest absolute Gasteiger partial charge is 0.465 e. The lowest BCUT2D eigenvalue weighted by molar-refractivity contribution is -0.156. The molecule has 1 aromatic heterocycles. The van der Waals surface area contributed by atoms with E-state index < -0.39 is 17.9 Å². The van der Waals surface area contributed by atoms with Crippen molar-refractivity contribution in [2.75, 3.05) is 13.2 Å². The third-order valence-corrected chi connectivity index (χ3v) is 3.27. The number of aromatic nitrogens is 1. The lowest BCUT2D eigenvalue weighted by atomic mass is 9.98. The number of aromatic amines is 1. The van der Waals surface area contributed by atoms with Crippen molar-refractivity contribution in [1.29, 1.82) is 0 Å². The van der Waals surface area contributed by atoms with Gasteiger partial charge in [-0.05, 0) is 26.0 Å². The molecule has 1 heterocycles. The monoisotopic (exact) mass is 309 g/mol. The van der Waals surface area contributed by atoms with Gasteiger partial charge in [-0.15, -0.1) is 0 Å². The number of carbonyl (C=O) groups excluding carboxylic acids is 2. The predicted molar refractivity (Wildman–Crippen MR) is 79.3 cm³/mol. The number of halogens is 1. The molecule has 0 fully saturated rings. The van der Waals surface area contributed by atoms with Crippen molar-refractivity contribution in [2.24, 2.45) is 0 Å². The molecule has 0 aliphatic carbocycles. The number of hydrogen-bond donors (Lipinski definition) is 1. The van der Waals surface area contributed by atoms with Crippen LogP contribution in [0.2, 0.25) is 5.02 Å². The SMILES string of the molecule is CCOC(=O)C(C(=O)OCC)c1c[nH]c2cc(Cl)ccc12. The molecule has 0 radical (unpaired) electrons. The summed E-state index contributed by atoms with van der Waals surface area (Å²) in [5, 5.41) is 1.31. The molecule has 21 heavy (non-hydrogen) atoms. The van der Waals surface area contributed by atoms with E-state index >= 15 is 0 Å².